The second kappa shape index (κ2) is 6.47. The molecule has 0 aromatic heterocycles. The maximum atomic E-state index is 11.9. The number of phenolic OH excluding ortho intramolecular Hbond substituents is 1. The molecule has 5 heteroatoms. The Balaban J connectivity index is 2.12. The van der Waals surface area contributed by atoms with Crippen molar-refractivity contribution in [1.82, 2.24) is 0 Å². The van der Waals surface area contributed by atoms with Crippen molar-refractivity contribution in [3.05, 3.63) is 65.2 Å². The minimum absolute atomic E-state index is 0.0739. The number of ketones is 1. The third kappa shape index (κ3) is 3.54. The van der Waals surface area contributed by atoms with Crippen molar-refractivity contribution in [3.63, 3.8) is 0 Å². The van der Waals surface area contributed by atoms with E-state index in [-0.39, 0.29) is 23.6 Å². The summed E-state index contributed by atoms with van der Waals surface area (Å²) in [5.74, 6) is -0.930. The van der Waals surface area contributed by atoms with Crippen LogP contribution in [0.3, 0.4) is 0 Å². The monoisotopic (exact) mass is 282 g/mol. The SMILES string of the molecule is NC(=O)c1ccccc1C=NCC(=O)c1ccccc1O. The van der Waals surface area contributed by atoms with E-state index in [4.69, 9.17) is 5.73 Å². The summed E-state index contributed by atoms with van der Waals surface area (Å²) in [6, 6.07) is 13.0. The Labute approximate surface area is 121 Å². The zero-order chi connectivity index (χ0) is 15.2. The molecule has 3 N–H and O–H groups in total. The summed E-state index contributed by atoms with van der Waals surface area (Å²) in [5.41, 5.74) is 6.37. The molecule has 106 valence electrons. The van der Waals surface area contributed by atoms with Gasteiger partial charge < -0.3 is 10.8 Å². The molecule has 0 atom stereocenters. The second-order valence-corrected chi connectivity index (χ2v) is 4.36. The van der Waals surface area contributed by atoms with Gasteiger partial charge in [0.05, 0.1) is 5.56 Å². The van der Waals surface area contributed by atoms with Crippen molar-refractivity contribution in [2.24, 2.45) is 10.7 Å². The van der Waals surface area contributed by atoms with Gasteiger partial charge in [0, 0.05) is 17.3 Å². The molecule has 2 aromatic rings. The van der Waals surface area contributed by atoms with E-state index in [1.54, 1.807) is 36.4 Å². The number of amides is 1. The van der Waals surface area contributed by atoms with Crippen LogP contribution in [0, 0.1) is 0 Å². The minimum Gasteiger partial charge on any atom is -0.507 e. The van der Waals surface area contributed by atoms with Gasteiger partial charge in [-0.25, -0.2) is 0 Å². The summed E-state index contributed by atoms with van der Waals surface area (Å²) < 4.78 is 0. The largest absolute Gasteiger partial charge is 0.507 e. The fourth-order valence-corrected chi connectivity index (χ4v) is 1.86. The molecule has 5 nitrogen and oxygen atoms in total. The summed E-state index contributed by atoms with van der Waals surface area (Å²) >= 11 is 0. The number of primary amides is 1. The molecule has 0 spiro atoms. The molecular formula is C16H14N2O3. The molecular weight excluding hydrogens is 268 g/mol. The smallest absolute Gasteiger partial charge is 0.249 e. The van der Waals surface area contributed by atoms with E-state index < -0.39 is 5.91 Å². The molecule has 0 saturated carbocycles. The highest BCUT2D eigenvalue weighted by atomic mass is 16.3. The second-order valence-electron chi connectivity index (χ2n) is 4.36. The Hall–Kier alpha value is -2.95. The van der Waals surface area contributed by atoms with Gasteiger partial charge in [-0.3, -0.25) is 14.6 Å². The summed E-state index contributed by atoms with van der Waals surface area (Å²) in [4.78, 5) is 27.2. The molecule has 0 fully saturated rings. The van der Waals surface area contributed by atoms with Crippen LogP contribution in [0.1, 0.15) is 26.3 Å². The predicted octanol–water partition coefficient (Wildman–Crippen LogP) is 1.79. The molecule has 0 radical (unpaired) electrons. The average molecular weight is 282 g/mol. The summed E-state index contributed by atoms with van der Waals surface area (Å²) in [7, 11) is 0. The van der Waals surface area contributed by atoms with Gasteiger partial charge in [-0.2, -0.15) is 0 Å². The van der Waals surface area contributed by atoms with E-state index in [2.05, 4.69) is 4.99 Å². The number of aliphatic imine (C=N–C) groups is 1. The van der Waals surface area contributed by atoms with E-state index in [1.165, 1.54) is 18.3 Å². The van der Waals surface area contributed by atoms with Gasteiger partial charge in [0.25, 0.3) is 0 Å². The number of para-hydroxylation sites is 1. The van der Waals surface area contributed by atoms with Gasteiger partial charge in [0.1, 0.15) is 12.3 Å². The summed E-state index contributed by atoms with van der Waals surface area (Å²) in [6.07, 6.45) is 1.43. The lowest BCUT2D eigenvalue weighted by Gasteiger charge is -2.02. The normalized spacial score (nSPS) is 10.7. The number of nitrogens with two attached hydrogens (primary N) is 1. The lowest BCUT2D eigenvalue weighted by atomic mass is 10.1. The molecule has 0 unspecified atom stereocenters. The molecule has 0 heterocycles. The predicted molar refractivity (Wildman–Crippen MR) is 79.9 cm³/mol. The number of Topliss-reactive ketones (excluding diaryl/α,β-unsaturated/α-hetero) is 1. The highest BCUT2D eigenvalue weighted by Crippen LogP contribution is 2.16. The number of benzene rings is 2. The average Bonchev–Trinajstić information content (AvgIpc) is 2.48. The van der Waals surface area contributed by atoms with Crippen molar-refractivity contribution < 1.29 is 14.7 Å². The maximum absolute atomic E-state index is 11.9. The van der Waals surface area contributed by atoms with Crippen LogP contribution >= 0.6 is 0 Å². The number of hydrogen-bond acceptors (Lipinski definition) is 4. The molecule has 0 aliphatic rings. The van der Waals surface area contributed by atoms with E-state index in [1.807, 2.05) is 0 Å². The van der Waals surface area contributed by atoms with Crippen molar-refractivity contribution >= 4 is 17.9 Å². The Kier molecular flexibility index (Phi) is 4.46. The van der Waals surface area contributed by atoms with Crippen molar-refractivity contribution in [1.29, 1.82) is 0 Å². The zero-order valence-electron chi connectivity index (χ0n) is 11.2. The molecule has 2 aromatic carbocycles. The van der Waals surface area contributed by atoms with Crippen LogP contribution in [0.4, 0.5) is 0 Å². The first kappa shape index (κ1) is 14.5. The van der Waals surface area contributed by atoms with Gasteiger partial charge in [-0.05, 0) is 18.2 Å². The van der Waals surface area contributed by atoms with Gasteiger partial charge in [-0.15, -0.1) is 0 Å². The topological polar surface area (TPSA) is 92.8 Å². The number of carbonyl (C=O) groups is 2. The van der Waals surface area contributed by atoms with E-state index in [9.17, 15) is 14.7 Å². The summed E-state index contributed by atoms with van der Waals surface area (Å²) in [6.45, 7) is -0.120. The number of phenols is 1. The highest BCUT2D eigenvalue weighted by molar-refractivity contribution is 6.03. The molecule has 0 aliphatic heterocycles. The standard InChI is InChI=1S/C16H14N2O3/c17-16(21)12-6-2-1-5-11(12)9-18-10-15(20)13-7-3-4-8-14(13)19/h1-9,19H,10H2,(H2,17,21). The van der Waals surface area contributed by atoms with Crippen LogP contribution in [-0.2, 0) is 0 Å². The Bertz CT molecular complexity index is 708. The van der Waals surface area contributed by atoms with Crippen LogP contribution in [0.5, 0.6) is 5.75 Å². The van der Waals surface area contributed by atoms with Crippen LogP contribution < -0.4 is 5.73 Å². The fourth-order valence-electron chi connectivity index (χ4n) is 1.86. The van der Waals surface area contributed by atoms with Crippen molar-refractivity contribution in [2.45, 2.75) is 0 Å². The number of nitrogens with zero attached hydrogens (tertiary/aromatic N) is 1. The molecule has 0 aliphatic carbocycles. The first-order valence-corrected chi connectivity index (χ1v) is 6.29. The van der Waals surface area contributed by atoms with E-state index in [0.29, 0.717) is 11.1 Å². The summed E-state index contributed by atoms with van der Waals surface area (Å²) in [5, 5.41) is 9.58. The van der Waals surface area contributed by atoms with Gasteiger partial charge in [-0.1, -0.05) is 30.3 Å². The number of hydrogen-bond donors (Lipinski definition) is 2. The Morgan fingerprint density at radius 2 is 1.67 bits per heavy atom. The molecule has 21 heavy (non-hydrogen) atoms. The van der Waals surface area contributed by atoms with Crippen LogP contribution in [-0.4, -0.2) is 29.6 Å². The Morgan fingerprint density at radius 1 is 1.05 bits per heavy atom. The quantitative estimate of drug-likeness (QED) is 0.646. The van der Waals surface area contributed by atoms with Crippen molar-refractivity contribution in [2.75, 3.05) is 6.54 Å². The highest BCUT2D eigenvalue weighted by Gasteiger charge is 2.09. The van der Waals surface area contributed by atoms with E-state index >= 15 is 0 Å². The Morgan fingerprint density at radius 3 is 2.33 bits per heavy atom. The lowest BCUT2D eigenvalue weighted by Crippen LogP contribution is -2.13. The minimum atomic E-state index is -0.552. The third-order valence-electron chi connectivity index (χ3n) is 2.90. The van der Waals surface area contributed by atoms with Crippen molar-refractivity contribution in [3.8, 4) is 5.75 Å². The third-order valence-corrected chi connectivity index (χ3v) is 2.90. The molecule has 0 saturated heterocycles. The molecule has 0 bridgehead atoms. The lowest BCUT2D eigenvalue weighted by molar-refractivity contribution is 0.0992. The number of rotatable bonds is 5. The van der Waals surface area contributed by atoms with Crippen LogP contribution in [0.25, 0.3) is 0 Å². The maximum Gasteiger partial charge on any atom is 0.249 e. The van der Waals surface area contributed by atoms with E-state index in [0.717, 1.165) is 0 Å². The van der Waals surface area contributed by atoms with Crippen LogP contribution in [0.15, 0.2) is 53.5 Å². The van der Waals surface area contributed by atoms with Gasteiger partial charge in [0.2, 0.25) is 5.91 Å². The molecule has 1 amide bonds. The first-order valence-electron chi connectivity index (χ1n) is 6.29. The van der Waals surface area contributed by atoms with Gasteiger partial charge >= 0.3 is 0 Å². The van der Waals surface area contributed by atoms with Crippen LogP contribution in [0.2, 0.25) is 0 Å². The molecule has 2 rings (SSSR count). The van der Waals surface area contributed by atoms with Gasteiger partial charge in [0.15, 0.2) is 5.78 Å². The zero-order valence-corrected chi connectivity index (χ0v) is 11.2. The number of carbonyl (C=O) groups excluding carboxylic acids is 2. The number of aromatic hydroxyl groups is 1. The fraction of sp³-hybridized carbons (Fsp3) is 0.0625. The first-order chi connectivity index (χ1) is 10.1.